The first-order valence-corrected chi connectivity index (χ1v) is 6.54. The van der Waals surface area contributed by atoms with E-state index in [4.69, 9.17) is 23.2 Å². The fourth-order valence-electron chi connectivity index (χ4n) is 1.87. The summed E-state index contributed by atoms with van der Waals surface area (Å²) in [5, 5.41) is 3.78. The molecule has 0 saturated heterocycles. The Labute approximate surface area is 124 Å². The molecule has 100 valence electrons. The number of hydrogen-bond acceptors (Lipinski definition) is 3. The molecule has 2 aromatic carbocycles. The normalized spacial score (nSPS) is 10.8. The van der Waals surface area contributed by atoms with Crippen molar-refractivity contribution in [3.05, 3.63) is 58.6 Å². The van der Waals surface area contributed by atoms with E-state index in [-0.39, 0.29) is 16.0 Å². The van der Waals surface area contributed by atoms with Crippen LogP contribution in [-0.4, -0.2) is 9.97 Å². The second-order valence-corrected chi connectivity index (χ2v) is 4.83. The van der Waals surface area contributed by atoms with Crippen molar-refractivity contribution in [1.82, 2.24) is 9.97 Å². The summed E-state index contributed by atoms with van der Waals surface area (Å²) in [6.45, 7) is 0. The molecular formula is C14H8Cl2FN3. The lowest BCUT2D eigenvalue weighted by Crippen LogP contribution is -1.99. The Bertz CT molecular complexity index is 792. The van der Waals surface area contributed by atoms with Gasteiger partial charge in [-0.1, -0.05) is 29.8 Å². The minimum absolute atomic E-state index is 0.0412. The highest BCUT2D eigenvalue weighted by molar-refractivity contribution is 6.31. The molecule has 0 aliphatic rings. The predicted octanol–water partition coefficient (Wildman–Crippen LogP) is 4.82. The molecular weight excluding hydrogens is 300 g/mol. The van der Waals surface area contributed by atoms with E-state index in [1.165, 1.54) is 6.07 Å². The summed E-state index contributed by atoms with van der Waals surface area (Å²) >= 11 is 11.6. The van der Waals surface area contributed by atoms with Crippen molar-refractivity contribution in [3.63, 3.8) is 0 Å². The van der Waals surface area contributed by atoms with Crippen molar-refractivity contribution in [1.29, 1.82) is 0 Å². The number of para-hydroxylation sites is 1. The van der Waals surface area contributed by atoms with Crippen LogP contribution in [0.4, 0.5) is 15.9 Å². The van der Waals surface area contributed by atoms with Crippen LogP contribution in [0.5, 0.6) is 0 Å². The standard InChI is InChI=1S/C14H8Cl2FN3/c15-9-5-3-7-11(12(9)17)18-13-8-4-1-2-6-10(8)19-14(16)20-13/h1-7H,(H,18,19,20). The Morgan fingerprint density at radius 3 is 2.60 bits per heavy atom. The molecule has 0 atom stereocenters. The number of aromatic nitrogens is 2. The fourth-order valence-corrected chi connectivity index (χ4v) is 2.22. The lowest BCUT2D eigenvalue weighted by molar-refractivity contribution is 0.632. The van der Waals surface area contributed by atoms with Gasteiger partial charge in [0.1, 0.15) is 5.82 Å². The molecule has 0 amide bonds. The van der Waals surface area contributed by atoms with Crippen molar-refractivity contribution in [3.8, 4) is 0 Å². The van der Waals surface area contributed by atoms with E-state index in [0.717, 1.165) is 5.39 Å². The predicted molar refractivity (Wildman–Crippen MR) is 79.2 cm³/mol. The monoisotopic (exact) mass is 307 g/mol. The summed E-state index contributed by atoms with van der Waals surface area (Å²) in [5.41, 5.74) is 0.912. The fraction of sp³-hybridized carbons (Fsp3) is 0. The van der Waals surface area contributed by atoms with E-state index in [9.17, 15) is 4.39 Å². The minimum atomic E-state index is -0.534. The Morgan fingerprint density at radius 1 is 0.950 bits per heavy atom. The first-order chi connectivity index (χ1) is 9.65. The molecule has 20 heavy (non-hydrogen) atoms. The molecule has 3 rings (SSSR count). The van der Waals surface area contributed by atoms with Crippen LogP contribution in [0.2, 0.25) is 10.3 Å². The minimum Gasteiger partial charge on any atom is -0.337 e. The molecule has 3 aromatic rings. The molecule has 1 aromatic heterocycles. The third-order valence-corrected chi connectivity index (χ3v) is 3.24. The molecule has 0 fully saturated rings. The van der Waals surface area contributed by atoms with Gasteiger partial charge in [0.15, 0.2) is 5.82 Å². The Balaban J connectivity index is 2.13. The first-order valence-electron chi connectivity index (χ1n) is 5.78. The van der Waals surface area contributed by atoms with Crippen LogP contribution in [0.1, 0.15) is 0 Å². The highest BCUT2D eigenvalue weighted by Crippen LogP contribution is 2.28. The van der Waals surface area contributed by atoms with Gasteiger partial charge in [0.2, 0.25) is 5.28 Å². The molecule has 0 unspecified atom stereocenters. The van der Waals surface area contributed by atoms with Gasteiger partial charge in [0, 0.05) is 5.39 Å². The third-order valence-electron chi connectivity index (χ3n) is 2.78. The van der Waals surface area contributed by atoms with Gasteiger partial charge < -0.3 is 5.32 Å². The van der Waals surface area contributed by atoms with E-state index < -0.39 is 5.82 Å². The van der Waals surface area contributed by atoms with Crippen LogP contribution in [0.3, 0.4) is 0 Å². The number of rotatable bonds is 2. The second-order valence-electron chi connectivity index (χ2n) is 4.08. The number of anilines is 2. The van der Waals surface area contributed by atoms with Gasteiger partial charge in [0.05, 0.1) is 16.2 Å². The van der Waals surface area contributed by atoms with Crippen LogP contribution in [0, 0.1) is 5.82 Å². The lowest BCUT2D eigenvalue weighted by Gasteiger charge is -2.10. The van der Waals surface area contributed by atoms with Crippen molar-refractivity contribution < 1.29 is 4.39 Å². The summed E-state index contributed by atoms with van der Waals surface area (Å²) in [6, 6.07) is 12.0. The maximum atomic E-state index is 13.9. The van der Waals surface area contributed by atoms with Crippen LogP contribution < -0.4 is 5.32 Å². The largest absolute Gasteiger partial charge is 0.337 e. The Kier molecular flexibility index (Phi) is 3.42. The number of benzene rings is 2. The average Bonchev–Trinajstić information content (AvgIpc) is 2.43. The Hall–Kier alpha value is -1.91. The number of nitrogens with one attached hydrogen (secondary N) is 1. The van der Waals surface area contributed by atoms with E-state index in [1.807, 2.05) is 24.3 Å². The van der Waals surface area contributed by atoms with Crippen LogP contribution >= 0.6 is 23.2 Å². The van der Waals surface area contributed by atoms with Crippen LogP contribution in [-0.2, 0) is 0 Å². The topological polar surface area (TPSA) is 37.8 Å². The van der Waals surface area contributed by atoms with Crippen LogP contribution in [0.15, 0.2) is 42.5 Å². The van der Waals surface area contributed by atoms with E-state index in [1.54, 1.807) is 12.1 Å². The first kappa shape index (κ1) is 13.1. The maximum absolute atomic E-state index is 13.9. The molecule has 0 saturated carbocycles. The molecule has 6 heteroatoms. The summed E-state index contributed by atoms with van der Waals surface area (Å²) in [4.78, 5) is 8.21. The molecule has 1 heterocycles. The maximum Gasteiger partial charge on any atom is 0.224 e. The van der Waals surface area contributed by atoms with Crippen molar-refractivity contribution in [2.75, 3.05) is 5.32 Å². The smallest absolute Gasteiger partial charge is 0.224 e. The summed E-state index contributed by atoms with van der Waals surface area (Å²) in [5.74, 6) is -0.102. The highest BCUT2D eigenvalue weighted by atomic mass is 35.5. The van der Waals surface area contributed by atoms with E-state index >= 15 is 0 Å². The van der Waals surface area contributed by atoms with Crippen molar-refractivity contribution in [2.24, 2.45) is 0 Å². The zero-order valence-corrected chi connectivity index (χ0v) is 11.6. The molecule has 0 bridgehead atoms. The lowest BCUT2D eigenvalue weighted by atomic mass is 10.2. The summed E-state index contributed by atoms with van der Waals surface area (Å²) in [6.07, 6.45) is 0. The quantitative estimate of drug-likeness (QED) is 0.690. The van der Waals surface area contributed by atoms with Gasteiger partial charge in [-0.3, -0.25) is 0 Å². The summed E-state index contributed by atoms with van der Waals surface area (Å²) < 4.78 is 13.9. The van der Waals surface area contributed by atoms with Crippen LogP contribution in [0.25, 0.3) is 10.9 Å². The Morgan fingerprint density at radius 2 is 1.75 bits per heavy atom. The van der Waals surface area contributed by atoms with Gasteiger partial charge in [-0.05, 0) is 35.9 Å². The van der Waals surface area contributed by atoms with Crippen molar-refractivity contribution in [2.45, 2.75) is 0 Å². The highest BCUT2D eigenvalue weighted by Gasteiger charge is 2.10. The molecule has 0 spiro atoms. The number of hydrogen-bond donors (Lipinski definition) is 1. The van der Waals surface area contributed by atoms with Gasteiger partial charge >= 0.3 is 0 Å². The SMILES string of the molecule is Fc1c(Cl)cccc1Nc1nc(Cl)nc2ccccc12. The molecule has 0 aliphatic heterocycles. The van der Waals surface area contributed by atoms with E-state index in [2.05, 4.69) is 15.3 Å². The molecule has 0 radical (unpaired) electrons. The third kappa shape index (κ3) is 2.40. The van der Waals surface area contributed by atoms with Gasteiger partial charge in [-0.25, -0.2) is 9.37 Å². The van der Waals surface area contributed by atoms with Gasteiger partial charge in [-0.2, -0.15) is 4.98 Å². The van der Waals surface area contributed by atoms with E-state index in [0.29, 0.717) is 11.3 Å². The van der Waals surface area contributed by atoms with Crippen molar-refractivity contribution >= 4 is 45.6 Å². The molecule has 3 nitrogen and oxygen atoms in total. The average molecular weight is 308 g/mol. The number of halogens is 3. The number of nitrogens with zero attached hydrogens (tertiary/aromatic N) is 2. The molecule has 0 aliphatic carbocycles. The molecule has 1 N–H and O–H groups in total. The zero-order chi connectivity index (χ0) is 14.1. The van der Waals surface area contributed by atoms with Gasteiger partial charge in [0.25, 0.3) is 0 Å². The number of fused-ring (bicyclic) bond motifs is 1. The summed E-state index contributed by atoms with van der Waals surface area (Å²) in [7, 11) is 0. The second kappa shape index (κ2) is 5.23. The zero-order valence-electron chi connectivity index (χ0n) is 10.1. The van der Waals surface area contributed by atoms with Gasteiger partial charge in [-0.15, -0.1) is 0 Å².